The molecule has 7 nitrogen and oxygen atoms in total. The maximum Gasteiger partial charge on any atom is 0.234 e. The Kier molecular flexibility index (Phi) is 8.87. The van der Waals surface area contributed by atoms with Gasteiger partial charge in [-0.05, 0) is 11.4 Å². The molecule has 0 spiro atoms. The van der Waals surface area contributed by atoms with Gasteiger partial charge in [0, 0.05) is 64.2 Å². The minimum absolute atomic E-state index is 0.0581. The lowest BCUT2D eigenvalue weighted by atomic mass is 10.1. The van der Waals surface area contributed by atoms with Gasteiger partial charge in [-0.1, -0.05) is 13.0 Å². The third-order valence-electron chi connectivity index (χ3n) is 4.47. The number of hydrogen-bond donors (Lipinski definition) is 2. The summed E-state index contributed by atoms with van der Waals surface area (Å²) in [6, 6.07) is 4.27. The quantitative estimate of drug-likeness (QED) is 0.396. The number of thiophene rings is 1. The molecule has 2 heterocycles. The lowest BCUT2D eigenvalue weighted by molar-refractivity contribution is -0.122. The molecular formula is C18H31N5O2S. The van der Waals surface area contributed by atoms with Crippen LogP contribution in [0.3, 0.4) is 0 Å². The smallest absolute Gasteiger partial charge is 0.234 e. The summed E-state index contributed by atoms with van der Waals surface area (Å²) in [6.45, 7) is 8.12. The number of aliphatic imine (C=N–C) groups is 1. The van der Waals surface area contributed by atoms with E-state index in [0.29, 0.717) is 25.6 Å². The molecule has 0 bridgehead atoms. The van der Waals surface area contributed by atoms with Gasteiger partial charge in [-0.2, -0.15) is 0 Å². The summed E-state index contributed by atoms with van der Waals surface area (Å²) in [5.41, 5.74) is 0. The number of methoxy groups -OCH3 is 1. The average molecular weight is 382 g/mol. The number of ether oxygens (including phenoxy) is 1. The van der Waals surface area contributed by atoms with Crippen molar-refractivity contribution in [2.75, 3.05) is 66.6 Å². The van der Waals surface area contributed by atoms with Crippen molar-refractivity contribution in [3.63, 3.8) is 0 Å². The lowest BCUT2D eigenvalue weighted by Gasteiger charge is -2.36. The van der Waals surface area contributed by atoms with Crippen LogP contribution in [-0.4, -0.2) is 88.2 Å². The van der Waals surface area contributed by atoms with Crippen LogP contribution in [0, 0.1) is 0 Å². The first-order valence-corrected chi connectivity index (χ1v) is 9.99. The average Bonchev–Trinajstić information content (AvgIpc) is 3.18. The predicted molar refractivity (Wildman–Crippen MR) is 107 cm³/mol. The van der Waals surface area contributed by atoms with E-state index in [2.05, 4.69) is 49.9 Å². The monoisotopic (exact) mass is 381 g/mol. The number of rotatable bonds is 8. The van der Waals surface area contributed by atoms with Gasteiger partial charge < -0.3 is 20.3 Å². The number of hydrogen-bond acceptors (Lipinski definition) is 5. The number of piperazine rings is 1. The molecule has 2 rings (SSSR count). The highest BCUT2D eigenvalue weighted by atomic mass is 32.1. The summed E-state index contributed by atoms with van der Waals surface area (Å²) in [5, 5.41) is 8.47. The van der Waals surface area contributed by atoms with E-state index >= 15 is 0 Å². The normalized spacial score (nSPS) is 17.2. The van der Waals surface area contributed by atoms with E-state index in [1.807, 2.05) is 7.05 Å². The van der Waals surface area contributed by atoms with Gasteiger partial charge in [0.2, 0.25) is 5.91 Å². The second-order valence-electron chi connectivity index (χ2n) is 6.45. The fraction of sp³-hybridized carbons (Fsp3) is 0.667. The maximum absolute atomic E-state index is 11.9. The Morgan fingerprint density at radius 1 is 1.35 bits per heavy atom. The molecule has 1 fully saturated rings. The SMILES string of the molecule is CN=C(NCC(C)c1cccs1)N1CCN(CC(=O)NCCOC)CC1. The van der Waals surface area contributed by atoms with Crippen LogP contribution in [0.1, 0.15) is 17.7 Å². The van der Waals surface area contributed by atoms with Crippen molar-refractivity contribution >= 4 is 23.2 Å². The summed E-state index contributed by atoms with van der Waals surface area (Å²) in [6.07, 6.45) is 0. The zero-order valence-electron chi connectivity index (χ0n) is 16.0. The molecule has 1 aliphatic rings. The molecular weight excluding hydrogens is 350 g/mol. The number of guanidine groups is 1. The van der Waals surface area contributed by atoms with Crippen LogP contribution in [0.4, 0.5) is 0 Å². The fourth-order valence-corrected chi connectivity index (χ4v) is 3.71. The first-order chi connectivity index (χ1) is 12.6. The molecule has 1 aliphatic heterocycles. The highest BCUT2D eigenvalue weighted by Crippen LogP contribution is 2.19. The van der Waals surface area contributed by atoms with E-state index in [0.717, 1.165) is 38.7 Å². The van der Waals surface area contributed by atoms with Gasteiger partial charge in [0.05, 0.1) is 13.2 Å². The summed E-state index contributed by atoms with van der Waals surface area (Å²) in [4.78, 5) is 22.1. The Morgan fingerprint density at radius 3 is 2.73 bits per heavy atom. The fourth-order valence-electron chi connectivity index (χ4n) is 2.92. The maximum atomic E-state index is 11.9. The second-order valence-corrected chi connectivity index (χ2v) is 7.43. The van der Waals surface area contributed by atoms with Gasteiger partial charge in [-0.25, -0.2) is 0 Å². The van der Waals surface area contributed by atoms with Crippen molar-refractivity contribution in [1.82, 2.24) is 20.4 Å². The zero-order chi connectivity index (χ0) is 18.8. The molecule has 0 aromatic carbocycles. The molecule has 1 atom stereocenters. The zero-order valence-corrected chi connectivity index (χ0v) is 16.8. The Morgan fingerprint density at radius 2 is 2.12 bits per heavy atom. The Bertz CT molecular complexity index is 556. The van der Waals surface area contributed by atoms with Gasteiger partial charge in [0.1, 0.15) is 0 Å². The second kappa shape index (κ2) is 11.2. The molecule has 8 heteroatoms. The highest BCUT2D eigenvalue weighted by molar-refractivity contribution is 7.10. The number of amides is 1. The van der Waals surface area contributed by atoms with Crippen molar-refractivity contribution in [3.8, 4) is 0 Å². The molecule has 1 saturated heterocycles. The van der Waals surface area contributed by atoms with Gasteiger partial charge in [0.15, 0.2) is 5.96 Å². The van der Waals surface area contributed by atoms with Gasteiger partial charge in [-0.3, -0.25) is 14.7 Å². The lowest BCUT2D eigenvalue weighted by Crippen LogP contribution is -2.54. The number of nitrogens with one attached hydrogen (secondary N) is 2. The topological polar surface area (TPSA) is 69.2 Å². The van der Waals surface area contributed by atoms with Crippen molar-refractivity contribution in [1.29, 1.82) is 0 Å². The van der Waals surface area contributed by atoms with E-state index < -0.39 is 0 Å². The summed E-state index contributed by atoms with van der Waals surface area (Å²) >= 11 is 1.79. The van der Waals surface area contributed by atoms with E-state index in [1.54, 1.807) is 18.4 Å². The van der Waals surface area contributed by atoms with Crippen LogP contribution in [0.15, 0.2) is 22.5 Å². The first kappa shape index (κ1) is 20.7. The minimum atomic E-state index is 0.0581. The Hall–Kier alpha value is -1.64. The third-order valence-corrected chi connectivity index (χ3v) is 5.58. The summed E-state index contributed by atoms with van der Waals surface area (Å²) < 4.78 is 4.94. The standard InChI is InChI=1S/C18H31N5O2S/c1-15(16-5-4-12-26-16)13-21-18(19-2)23-9-7-22(8-10-23)14-17(24)20-6-11-25-3/h4-5,12,15H,6-11,13-14H2,1-3H3,(H,19,21)(H,20,24). The van der Waals surface area contributed by atoms with Crippen LogP contribution in [0.5, 0.6) is 0 Å². The molecule has 1 unspecified atom stereocenters. The van der Waals surface area contributed by atoms with Crippen molar-refractivity contribution < 1.29 is 9.53 Å². The van der Waals surface area contributed by atoms with Gasteiger partial charge in [0.25, 0.3) is 0 Å². The molecule has 1 aromatic heterocycles. The van der Waals surface area contributed by atoms with Crippen LogP contribution in [-0.2, 0) is 9.53 Å². The van der Waals surface area contributed by atoms with Crippen molar-refractivity contribution in [3.05, 3.63) is 22.4 Å². The Balaban J connectivity index is 1.70. The number of carbonyl (C=O) groups is 1. The molecule has 2 N–H and O–H groups in total. The van der Waals surface area contributed by atoms with E-state index in [1.165, 1.54) is 4.88 Å². The van der Waals surface area contributed by atoms with E-state index in [-0.39, 0.29) is 5.91 Å². The predicted octanol–water partition coefficient (Wildman–Crippen LogP) is 0.807. The van der Waals surface area contributed by atoms with E-state index in [4.69, 9.17) is 4.74 Å². The van der Waals surface area contributed by atoms with Crippen LogP contribution < -0.4 is 10.6 Å². The van der Waals surface area contributed by atoms with E-state index in [9.17, 15) is 4.79 Å². The minimum Gasteiger partial charge on any atom is -0.383 e. The first-order valence-electron chi connectivity index (χ1n) is 9.11. The molecule has 26 heavy (non-hydrogen) atoms. The summed E-state index contributed by atoms with van der Waals surface area (Å²) in [7, 11) is 3.46. The number of carbonyl (C=O) groups excluding carboxylic acids is 1. The molecule has 1 aromatic rings. The molecule has 0 saturated carbocycles. The van der Waals surface area contributed by atoms with Gasteiger partial charge >= 0.3 is 0 Å². The third kappa shape index (κ3) is 6.59. The molecule has 0 aliphatic carbocycles. The summed E-state index contributed by atoms with van der Waals surface area (Å²) in [5.74, 6) is 1.46. The van der Waals surface area contributed by atoms with Crippen molar-refractivity contribution in [2.45, 2.75) is 12.8 Å². The molecule has 0 radical (unpaired) electrons. The number of nitrogens with zero attached hydrogens (tertiary/aromatic N) is 3. The van der Waals surface area contributed by atoms with Crippen LogP contribution >= 0.6 is 11.3 Å². The molecule has 146 valence electrons. The van der Waals surface area contributed by atoms with Crippen molar-refractivity contribution in [2.24, 2.45) is 4.99 Å². The highest BCUT2D eigenvalue weighted by Gasteiger charge is 2.21. The molecule has 1 amide bonds. The largest absolute Gasteiger partial charge is 0.383 e. The Labute approximate surface area is 160 Å². The van der Waals surface area contributed by atoms with Crippen LogP contribution in [0.25, 0.3) is 0 Å². The van der Waals surface area contributed by atoms with Crippen LogP contribution in [0.2, 0.25) is 0 Å². The van der Waals surface area contributed by atoms with Gasteiger partial charge in [-0.15, -0.1) is 11.3 Å².